The van der Waals surface area contributed by atoms with Crippen LogP contribution in [0.4, 0.5) is 0 Å². The Kier molecular flexibility index (Phi) is 6.85. The largest absolute Gasteiger partial charge is 0.431 e. The van der Waals surface area contributed by atoms with Crippen molar-refractivity contribution in [2.75, 3.05) is 0 Å². The van der Waals surface area contributed by atoms with Crippen molar-refractivity contribution in [1.29, 1.82) is 0 Å². The Morgan fingerprint density at radius 1 is 1.17 bits per heavy atom. The molecule has 0 unspecified atom stereocenters. The van der Waals surface area contributed by atoms with E-state index >= 15 is 0 Å². The summed E-state index contributed by atoms with van der Waals surface area (Å²) in [5.74, 6) is -0.292. The van der Waals surface area contributed by atoms with E-state index in [2.05, 4.69) is 6.92 Å². The molecule has 0 bridgehead atoms. The van der Waals surface area contributed by atoms with Crippen molar-refractivity contribution in [3.8, 4) is 0 Å². The summed E-state index contributed by atoms with van der Waals surface area (Å²) in [6.45, 7) is 4.19. The highest BCUT2D eigenvalue weighted by atomic mass is 16.5. The lowest BCUT2D eigenvalue weighted by Gasteiger charge is -2.00. The van der Waals surface area contributed by atoms with Gasteiger partial charge < -0.3 is 4.74 Å². The van der Waals surface area contributed by atoms with E-state index in [9.17, 15) is 4.79 Å². The number of unbranched alkanes of at least 4 members (excludes halogenated alkanes) is 4. The fourth-order valence-electron chi connectivity index (χ4n) is 1.62. The maximum Gasteiger partial charge on any atom is 0.342 e. The van der Waals surface area contributed by atoms with Crippen LogP contribution >= 0.6 is 0 Å². The van der Waals surface area contributed by atoms with E-state index in [0.717, 1.165) is 18.4 Å². The predicted octanol–water partition coefficient (Wildman–Crippen LogP) is 4.64. The molecular formula is C16H22O2. The minimum atomic E-state index is -0.292. The molecular weight excluding hydrogens is 224 g/mol. The van der Waals surface area contributed by atoms with E-state index in [1.165, 1.54) is 25.5 Å². The Morgan fingerprint density at radius 2 is 1.89 bits per heavy atom. The van der Waals surface area contributed by atoms with Crippen molar-refractivity contribution >= 4 is 5.97 Å². The van der Waals surface area contributed by atoms with Crippen molar-refractivity contribution in [1.82, 2.24) is 0 Å². The fourth-order valence-corrected chi connectivity index (χ4v) is 1.62. The first kappa shape index (κ1) is 14.5. The zero-order valence-corrected chi connectivity index (χ0v) is 11.3. The molecule has 0 radical (unpaired) electrons. The average Bonchev–Trinajstić information content (AvgIpc) is 2.38. The Morgan fingerprint density at radius 3 is 2.56 bits per heavy atom. The summed E-state index contributed by atoms with van der Waals surface area (Å²) in [6.07, 6.45) is 9.32. The van der Waals surface area contributed by atoms with Crippen molar-refractivity contribution in [2.24, 2.45) is 0 Å². The fraction of sp³-hybridized carbons (Fsp3) is 0.438. The third-order valence-electron chi connectivity index (χ3n) is 2.78. The van der Waals surface area contributed by atoms with Crippen LogP contribution in [0.15, 0.2) is 36.6 Å². The van der Waals surface area contributed by atoms with Gasteiger partial charge in [0.05, 0.1) is 11.8 Å². The van der Waals surface area contributed by atoms with Crippen molar-refractivity contribution in [3.05, 3.63) is 47.7 Å². The molecule has 0 aliphatic rings. The van der Waals surface area contributed by atoms with Crippen LogP contribution in [0.3, 0.4) is 0 Å². The standard InChI is InChI=1S/C16H22O2/c1-3-4-5-6-7-8-13-18-16(17)15-11-9-14(2)10-12-15/h8-13H,3-7H2,1-2H3/b13-8+. The van der Waals surface area contributed by atoms with Gasteiger partial charge in [0.25, 0.3) is 0 Å². The maximum absolute atomic E-state index is 11.6. The molecule has 1 rings (SSSR count). The van der Waals surface area contributed by atoms with Crippen molar-refractivity contribution < 1.29 is 9.53 Å². The number of carbonyl (C=O) groups is 1. The highest BCUT2D eigenvalue weighted by molar-refractivity contribution is 5.89. The Labute approximate surface area is 110 Å². The summed E-state index contributed by atoms with van der Waals surface area (Å²) in [4.78, 5) is 11.6. The third-order valence-corrected chi connectivity index (χ3v) is 2.78. The Bertz CT molecular complexity index is 377. The molecule has 0 N–H and O–H groups in total. The summed E-state index contributed by atoms with van der Waals surface area (Å²) < 4.78 is 5.05. The molecule has 0 aromatic heterocycles. The predicted molar refractivity (Wildman–Crippen MR) is 74.5 cm³/mol. The number of hydrogen-bond donors (Lipinski definition) is 0. The van der Waals surface area contributed by atoms with E-state index in [-0.39, 0.29) is 5.97 Å². The van der Waals surface area contributed by atoms with E-state index in [0.29, 0.717) is 5.56 Å². The van der Waals surface area contributed by atoms with Crippen LogP contribution in [-0.4, -0.2) is 5.97 Å². The average molecular weight is 246 g/mol. The molecule has 2 heteroatoms. The van der Waals surface area contributed by atoms with Gasteiger partial charge in [0, 0.05) is 0 Å². The van der Waals surface area contributed by atoms with Crippen LogP contribution < -0.4 is 0 Å². The molecule has 0 fully saturated rings. The highest BCUT2D eigenvalue weighted by Gasteiger charge is 2.03. The quantitative estimate of drug-likeness (QED) is 0.398. The number of benzene rings is 1. The van der Waals surface area contributed by atoms with Gasteiger partial charge in [-0.05, 0) is 38.0 Å². The van der Waals surface area contributed by atoms with E-state index < -0.39 is 0 Å². The minimum Gasteiger partial charge on any atom is -0.431 e. The molecule has 0 aliphatic carbocycles. The van der Waals surface area contributed by atoms with E-state index in [4.69, 9.17) is 4.74 Å². The normalized spacial score (nSPS) is 10.8. The molecule has 98 valence electrons. The van der Waals surface area contributed by atoms with Gasteiger partial charge in [0.2, 0.25) is 0 Å². The molecule has 0 aliphatic heterocycles. The third kappa shape index (κ3) is 5.67. The second-order valence-electron chi connectivity index (χ2n) is 4.49. The molecule has 0 spiro atoms. The van der Waals surface area contributed by atoms with Crippen LogP contribution in [0.1, 0.15) is 54.9 Å². The van der Waals surface area contributed by atoms with E-state index in [1.54, 1.807) is 12.1 Å². The Hall–Kier alpha value is -1.57. The van der Waals surface area contributed by atoms with Crippen LogP contribution in [0.2, 0.25) is 0 Å². The molecule has 0 heterocycles. The topological polar surface area (TPSA) is 26.3 Å². The number of carbonyl (C=O) groups excluding carboxylic acids is 1. The molecule has 0 saturated carbocycles. The lowest BCUT2D eigenvalue weighted by atomic mass is 10.1. The molecule has 1 aromatic carbocycles. The van der Waals surface area contributed by atoms with Gasteiger partial charge in [0.15, 0.2) is 0 Å². The van der Waals surface area contributed by atoms with Crippen molar-refractivity contribution in [3.63, 3.8) is 0 Å². The van der Waals surface area contributed by atoms with Gasteiger partial charge in [-0.1, -0.05) is 43.9 Å². The number of ether oxygens (including phenoxy) is 1. The number of allylic oxidation sites excluding steroid dienone is 1. The van der Waals surface area contributed by atoms with Gasteiger partial charge in [-0.15, -0.1) is 0 Å². The highest BCUT2D eigenvalue weighted by Crippen LogP contribution is 2.06. The molecule has 18 heavy (non-hydrogen) atoms. The zero-order chi connectivity index (χ0) is 13.2. The van der Waals surface area contributed by atoms with E-state index in [1.807, 2.05) is 25.1 Å². The number of esters is 1. The van der Waals surface area contributed by atoms with Gasteiger partial charge in [-0.25, -0.2) is 4.79 Å². The molecule has 1 aromatic rings. The monoisotopic (exact) mass is 246 g/mol. The second kappa shape index (κ2) is 8.51. The first-order chi connectivity index (χ1) is 8.74. The summed E-state index contributed by atoms with van der Waals surface area (Å²) in [7, 11) is 0. The lowest BCUT2D eigenvalue weighted by molar-refractivity contribution is 0.0662. The summed E-state index contributed by atoms with van der Waals surface area (Å²) in [5, 5.41) is 0. The first-order valence-corrected chi connectivity index (χ1v) is 6.66. The van der Waals surface area contributed by atoms with Crippen LogP contribution in [0.5, 0.6) is 0 Å². The number of hydrogen-bond acceptors (Lipinski definition) is 2. The van der Waals surface area contributed by atoms with Crippen LogP contribution in [0, 0.1) is 6.92 Å². The van der Waals surface area contributed by atoms with Crippen molar-refractivity contribution in [2.45, 2.75) is 46.0 Å². The van der Waals surface area contributed by atoms with Crippen LogP contribution in [0.25, 0.3) is 0 Å². The van der Waals surface area contributed by atoms with Crippen LogP contribution in [-0.2, 0) is 4.74 Å². The lowest BCUT2D eigenvalue weighted by Crippen LogP contribution is -1.99. The summed E-state index contributed by atoms with van der Waals surface area (Å²) in [5.41, 5.74) is 1.73. The number of rotatable bonds is 7. The molecule has 2 nitrogen and oxygen atoms in total. The smallest absolute Gasteiger partial charge is 0.342 e. The summed E-state index contributed by atoms with van der Waals surface area (Å²) in [6, 6.07) is 7.38. The number of aryl methyl sites for hydroxylation is 1. The zero-order valence-electron chi connectivity index (χ0n) is 11.3. The molecule has 0 saturated heterocycles. The summed E-state index contributed by atoms with van der Waals surface area (Å²) >= 11 is 0. The first-order valence-electron chi connectivity index (χ1n) is 6.66. The molecule has 0 atom stereocenters. The van der Waals surface area contributed by atoms with Gasteiger partial charge in [-0.3, -0.25) is 0 Å². The maximum atomic E-state index is 11.6. The second-order valence-corrected chi connectivity index (χ2v) is 4.49. The van der Waals surface area contributed by atoms with Gasteiger partial charge in [-0.2, -0.15) is 0 Å². The minimum absolute atomic E-state index is 0.292. The Balaban J connectivity index is 2.24. The SMILES string of the molecule is CCCCCC/C=C/OC(=O)c1ccc(C)cc1. The van der Waals surface area contributed by atoms with Gasteiger partial charge in [0.1, 0.15) is 0 Å². The van der Waals surface area contributed by atoms with Gasteiger partial charge >= 0.3 is 5.97 Å². The molecule has 0 amide bonds.